The Balaban J connectivity index is 1.90. The molecule has 108 valence electrons. The summed E-state index contributed by atoms with van der Waals surface area (Å²) >= 11 is 0. The number of nitrogens with zero attached hydrogens (tertiary/aromatic N) is 4. The highest BCUT2D eigenvalue weighted by molar-refractivity contribution is 5.71. The van der Waals surface area contributed by atoms with Crippen molar-refractivity contribution in [1.82, 2.24) is 9.55 Å². The van der Waals surface area contributed by atoms with Crippen molar-refractivity contribution < 1.29 is 0 Å². The van der Waals surface area contributed by atoms with Crippen LogP contribution in [0.2, 0.25) is 0 Å². The molecule has 0 aromatic carbocycles. The minimum absolute atomic E-state index is 0.375. The topological polar surface area (TPSA) is 48.2 Å². The van der Waals surface area contributed by atoms with E-state index in [4.69, 9.17) is 5.41 Å². The number of hydrogen-bond donors (Lipinski definition) is 1. The summed E-state index contributed by atoms with van der Waals surface area (Å²) in [5, 5.41) is 8.02. The van der Waals surface area contributed by atoms with E-state index in [1.54, 1.807) is 6.33 Å². The zero-order chi connectivity index (χ0) is 14.3. The molecule has 20 heavy (non-hydrogen) atoms. The molecule has 0 amide bonds. The van der Waals surface area contributed by atoms with Crippen LogP contribution in [0.4, 0.5) is 11.5 Å². The molecule has 0 fully saturated rings. The van der Waals surface area contributed by atoms with E-state index in [0.717, 1.165) is 30.6 Å². The summed E-state index contributed by atoms with van der Waals surface area (Å²) < 4.78 is 2.04. The van der Waals surface area contributed by atoms with Crippen molar-refractivity contribution in [3.8, 4) is 0 Å². The molecule has 5 nitrogen and oxygen atoms in total. The van der Waals surface area contributed by atoms with Crippen LogP contribution >= 0.6 is 0 Å². The van der Waals surface area contributed by atoms with Gasteiger partial charge in [-0.1, -0.05) is 19.1 Å². The van der Waals surface area contributed by atoms with Gasteiger partial charge in [-0.25, -0.2) is 4.98 Å². The number of anilines is 2. The van der Waals surface area contributed by atoms with Crippen LogP contribution in [0.25, 0.3) is 0 Å². The van der Waals surface area contributed by atoms with Gasteiger partial charge in [-0.05, 0) is 24.7 Å². The summed E-state index contributed by atoms with van der Waals surface area (Å²) in [6.07, 6.45) is 8.72. The monoisotopic (exact) mass is 273 g/mol. The van der Waals surface area contributed by atoms with Crippen LogP contribution in [-0.4, -0.2) is 29.8 Å². The third-order valence-corrected chi connectivity index (χ3v) is 4.57. The van der Waals surface area contributed by atoms with Crippen molar-refractivity contribution in [2.75, 3.05) is 30.1 Å². The van der Waals surface area contributed by atoms with Crippen LogP contribution in [0.3, 0.4) is 0 Å². The lowest BCUT2D eigenvalue weighted by molar-refractivity contribution is 0.350. The van der Waals surface area contributed by atoms with Crippen molar-refractivity contribution in [3.05, 3.63) is 24.0 Å². The summed E-state index contributed by atoms with van der Waals surface area (Å²) in [5.74, 6) is 2.56. The van der Waals surface area contributed by atoms with Crippen LogP contribution in [-0.2, 0) is 7.05 Å². The maximum Gasteiger partial charge on any atom is 0.173 e. The van der Waals surface area contributed by atoms with Crippen LogP contribution in [0.15, 0.2) is 18.5 Å². The van der Waals surface area contributed by atoms with E-state index in [1.165, 1.54) is 12.8 Å². The summed E-state index contributed by atoms with van der Waals surface area (Å²) in [4.78, 5) is 8.68. The van der Waals surface area contributed by atoms with Gasteiger partial charge < -0.3 is 14.4 Å². The lowest BCUT2D eigenvalue weighted by Gasteiger charge is -2.31. The predicted molar refractivity (Wildman–Crippen MR) is 80.7 cm³/mol. The second-order valence-electron chi connectivity index (χ2n) is 6.12. The van der Waals surface area contributed by atoms with Gasteiger partial charge in [0.2, 0.25) is 0 Å². The van der Waals surface area contributed by atoms with E-state index in [0.29, 0.717) is 11.4 Å². The Labute approximate surface area is 120 Å². The summed E-state index contributed by atoms with van der Waals surface area (Å²) in [6.45, 7) is 4.26. The average molecular weight is 273 g/mol. The fourth-order valence-corrected chi connectivity index (χ4v) is 3.34. The molecule has 1 aromatic rings. The number of rotatable bonds is 2. The van der Waals surface area contributed by atoms with E-state index >= 15 is 0 Å². The Morgan fingerprint density at radius 1 is 1.30 bits per heavy atom. The van der Waals surface area contributed by atoms with E-state index < -0.39 is 0 Å². The van der Waals surface area contributed by atoms with Crippen molar-refractivity contribution in [1.29, 1.82) is 5.41 Å². The van der Waals surface area contributed by atoms with Gasteiger partial charge >= 0.3 is 0 Å². The minimum atomic E-state index is 0.375. The van der Waals surface area contributed by atoms with E-state index in [-0.39, 0.29) is 0 Å². The van der Waals surface area contributed by atoms with Crippen molar-refractivity contribution in [2.24, 2.45) is 18.9 Å². The third kappa shape index (κ3) is 2.11. The third-order valence-electron chi connectivity index (χ3n) is 4.57. The number of aromatic nitrogens is 2. The normalized spacial score (nSPS) is 25.1. The first-order valence-electron chi connectivity index (χ1n) is 7.29. The minimum Gasteiger partial charge on any atom is -0.351 e. The number of aryl methyl sites for hydroxylation is 1. The summed E-state index contributed by atoms with van der Waals surface area (Å²) in [5.41, 5.74) is 1.33. The van der Waals surface area contributed by atoms with Gasteiger partial charge in [0.1, 0.15) is 11.5 Å². The first-order valence-corrected chi connectivity index (χ1v) is 7.29. The maximum absolute atomic E-state index is 8.02. The molecule has 3 rings (SSSR count). The number of nitrogens with one attached hydrogen (secondary N) is 1. The molecule has 0 spiro atoms. The van der Waals surface area contributed by atoms with Gasteiger partial charge in [-0.2, -0.15) is 0 Å². The highest BCUT2D eigenvalue weighted by Crippen LogP contribution is 2.34. The number of hydrogen-bond acceptors (Lipinski definition) is 4. The van der Waals surface area contributed by atoms with Gasteiger partial charge in [0.15, 0.2) is 5.49 Å². The van der Waals surface area contributed by atoms with Gasteiger partial charge in [0, 0.05) is 20.6 Å². The maximum atomic E-state index is 8.02. The van der Waals surface area contributed by atoms with E-state index in [1.807, 2.05) is 18.7 Å². The van der Waals surface area contributed by atoms with Crippen LogP contribution in [0.1, 0.15) is 19.8 Å². The molecule has 1 aromatic heterocycles. The predicted octanol–water partition coefficient (Wildman–Crippen LogP) is 1.72. The highest BCUT2D eigenvalue weighted by Gasteiger charge is 2.30. The van der Waals surface area contributed by atoms with Crippen LogP contribution < -0.4 is 15.3 Å². The number of allylic oxidation sites excluding steroid dienone is 2. The molecule has 0 saturated heterocycles. The molecule has 0 bridgehead atoms. The van der Waals surface area contributed by atoms with Crippen molar-refractivity contribution in [2.45, 2.75) is 19.8 Å². The largest absolute Gasteiger partial charge is 0.351 e. The van der Waals surface area contributed by atoms with E-state index in [2.05, 4.69) is 33.9 Å². The second-order valence-corrected chi connectivity index (χ2v) is 6.12. The Kier molecular flexibility index (Phi) is 3.28. The summed E-state index contributed by atoms with van der Waals surface area (Å²) in [6, 6.07) is 0. The number of fused-ring (bicyclic) bond motifs is 1. The zero-order valence-corrected chi connectivity index (χ0v) is 12.5. The highest BCUT2D eigenvalue weighted by atomic mass is 15.4. The molecule has 1 N–H and O–H groups in total. The average Bonchev–Trinajstić information content (AvgIpc) is 2.75. The van der Waals surface area contributed by atoms with Gasteiger partial charge in [0.25, 0.3) is 0 Å². The Hall–Kier alpha value is -1.78. The van der Waals surface area contributed by atoms with E-state index in [9.17, 15) is 0 Å². The standard InChI is InChI=1S/C15H23N5/c1-11-6-4-5-7-12(11)8-20-10-19(3)13-14(16)17-9-18(2)15(13)20/h4-5,9,11-12,16H,6-8,10H2,1-3H3. The van der Waals surface area contributed by atoms with Gasteiger partial charge in [-0.3, -0.25) is 5.41 Å². The van der Waals surface area contributed by atoms with Crippen molar-refractivity contribution >= 4 is 11.5 Å². The molecule has 1 aliphatic carbocycles. The Bertz CT molecular complexity index is 588. The first-order chi connectivity index (χ1) is 9.58. The quantitative estimate of drug-likeness (QED) is 0.835. The molecule has 0 radical (unpaired) electrons. The van der Waals surface area contributed by atoms with Gasteiger partial charge in [-0.15, -0.1) is 0 Å². The molecule has 5 heteroatoms. The van der Waals surface area contributed by atoms with Crippen molar-refractivity contribution in [3.63, 3.8) is 0 Å². The lowest BCUT2D eigenvalue weighted by Crippen LogP contribution is -2.35. The second kappa shape index (κ2) is 4.96. The molecule has 2 atom stereocenters. The fraction of sp³-hybridized carbons (Fsp3) is 0.600. The Morgan fingerprint density at radius 3 is 2.80 bits per heavy atom. The summed E-state index contributed by atoms with van der Waals surface area (Å²) in [7, 11) is 4.06. The molecular formula is C15H23N5. The zero-order valence-electron chi connectivity index (χ0n) is 12.5. The molecule has 1 aliphatic heterocycles. The lowest BCUT2D eigenvalue weighted by atomic mass is 9.84. The smallest absolute Gasteiger partial charge is 0.173 e. The molecular weight excluding hydrogens is 250 g/mol. The molecule has 2 aliphatic rings. The van der Waals surface area contributed by atoms with Gasteiger partial charge in [0.05, 0.1) is 13.0 Å². The molecule has 2 heterocycles. The first kappa shape index (κ1) is 13.2. The molecule has 0 saturated carbocycles. The Morgan fingerprint density at radius 2 is 2.05 bits per heavy atom. The molecule has 2 unspecified atom stereocenters. The fourth-order valence-electron chi connectivity index (χ4n) is 3.34. The van der Waals surface area contributed by atoms with Crippen LogP contribution in [0, 0.1) is 17.2 Å². The SMILES string of the molecule is CC1CC=CCC1CN1CN(C)c2c1n(C)cnc2=N. The van der Waals surface area contributed by atoms with Crippen LogP contribution in [0.5, 0.6) is 0 Å².